The Kier molecular flexibility index (Phi) is 7.64. The largest absolute Gasteiger partial charge is 0.356 e. The Bertz CT molecular complexity index is 488. The molecule has 0 aliphatic heterocycles. The molecular weight excluding hydrogens is 276 g/mol. The van der Waals surface area contributed by atoms with Crippen LogP contribution in [-0.4, -0.2) is 18.4 Å². The quantitative estimate of drug-likeness (QED) is 0.724. The summed E-state index contributed by atoms with van der Waals surface area (Å²) < 4.78 is 0. The molecule has 0 spiro atoms. The molecule has 0 aromatic heterocycles. The number of aryl methyl sites for hydroxylation is 2. The molecule has 0 aliphatic carbocycles. The average molecular weight is 304 g/mol. The first-order chi connectivity index (χ1) is 10.5. The number of para-hydroxylation sites is 1. The lowest BCUT2D eigenvalue weighted by atomic mass is 10.0. The molecule has 122 valence electrons. The minimum absolute atomic E-state index is 0.126. The first kappa shape index (κ1) is 18.2. The van der Waals surface area contributed by atoms with E-state index < -0.39 is 0 Å². The van der Waals surface area contributed by atoms with E-state index in [0.717, 1.165) is 36.1 Å². The first-order valence-corrected chi connectivity index (χ1v) is 8.15. The predicted octanol–water partition coefficient (Wildman–Crippen LogP) is 3.30. The van der Waals surface area contributed by atoms with Crippen LogP contribution in [-0.2, 0) is 22.4 Å². The second kappa shape index (κ2) is 9.23. The van der Waals surface area contributed by atoms with Crippen molar-refractivity contribution in [3.8, 4) is 0 Å². The van der Waals surface area contributed by atoms with Gasteiger partial charge in [-0.05, 0) is 36.3 Å². The molecule has 1 aromatic rings. The summed E-state index contributed by atoms with van der Waals surface area (Å²) >= 11 is 0. The molecule has 0 heterocycles. The second-order valence-electron chi connectivity index (χ2n) is 5.92. The second-order valence-corrected chi connectivity index (χ2v) is 5.92. The minimum atomic E-state index is -0.252. The van der Waals surface area contributed by atoms with Gasteiger partial charge in [-0.25, -0.2) is 0 Å². The molecule has 22 heavy (non-hydrogen) atoms. The van der Waals surface area contributed by atoms with E-state index in [4.69, 9.17) is 0 Å². The zero-order valence-corrected chi connectivity index (χ0v) is 14.2. The Morgan fingerprint density at radius 2 is 1.64 bits per heavy atom. The van der Waals surface area contributed by atoms with Crippen molar-refractivity contribution < 1.29 is 9.59 Å². The van der Waals surface area contributed by atoms with Gasteiger partial charge in [-0.1, -0.05) is 45.9 Å². The standard InChI is InChI=1S/C18H28N2O2/c1-5-14-8-7-9-15(6-2)18(14)20-17(22)12-16(21)19-11-10-13(3)4/h7-9,13H,5-6,10-12H2,1-4H3,(H,19,21)(H,20,22). The normalized spacial score (nSPS) is 10.6. The summed E-state index contributed by atoms with van der Waals surface area (Å²) in [5.41, 5.74) is 3.08. The summed E-state index contributed by atoms with van der Waals surface area (Å²) in [5.74, 6) is 0.0699. The average Bonchev–Trinajstić information content (AvgIpc) is 2.46. The fourth-order valence-electron chi connectivity index (χ4n) is 2.30. The third-order valence-electron chi connectivity index (χ3n) is 3.63. The lowest BCUT2D eigenvalue weighted by Gasteiger charge is -2.14. The number of nitrogens with one attached hydrogen (secondary N) is 2. The van der Waals surface area contributed by atoms with Gasteiger partial charge in [0.15, 0.2) is 0 Å². The Balaban J connectivity index is 2.60. The predicted molar refractivity (Wildman–Crippen MR) is 90.9 cm³/mol. The highest BCUT2D eigenvalue weighted by Gasteiger charge is 2.13. The third-order valence-corrected chi connectivity index (χ3v) is 3.63. The number of carbonyl (C=O) groups excluding carboxylic acids is 2. The van der Waals surface area contributed by atoms with Gasteiger partial charge in [0.2, 0.25) is 11.8 Å². The molecule has 0 saturated carbocycles. The number of hydrogen-bond donors (Lipinski definition) is 2. The molecule has 4 nitrogen and oxygen atoms in total. The molecule has 2 N–H and O–H groups in total. The molecule has 0 radical (unpaired) electrons. The van der Waals surface area contributed by atoms with Crippen LogP contribution < -0.4 is 10.6 Å². The Morgan fingerprint density at radius 1 is 1.05 bits per heavy atom. The van der Waals surface area contributed by atoms with Gasteiger partial charge in [-0.15, -0.1) is 0 Å². The van der Waals surface area contributed by atoms with Crippen molar-refractivity contribution in [2.75, 3.05) is 11.9 Å². The maximum absolute atomic E-state index is 12.1. The summed E-state index contributed by atoms with van der Waals surface area (Å²) in [6.07, 6.45) is 2.50. The molecule has 1 rings (SSSR count). The molecule has 0 fully saturated rings. The Morgan fingerprint density at radius 3 is 2.14 bits per heavy atom. The van der Waals surface area contributed by atoms with E-state index in [1.54, 1.807) is 0 Å². The van der Waals surface area contributed by atoms with E-state index >= 15 is 0 Å². The van der Waals surface area contributed by atoms with E-state index in [9.17, 15) is 9.59 Å². The van der Waals surface area contributed by atoms with Gasteiger partial charge in [-0.3, -0.25) is 9.59 Å². The van der Waals surface area contributed by atoms with E-state index in [1.165, 1.54) is 0 Å². The van der Waals surface area contributed by atoms with Crippen LogP contribution in [0.15, 0.2) is 18.2 Å². The third kappa shape index (κ3) is 5.88. The molecule has 1 aromatic carbocycles. The van der Waals surface area contributed by atoms with Gasteiger partial charge in [0.05, 0.1) is 0 Å². The molecule has 2 amide bonds. The monoisotopic (exact) mass is 304 g/mol. The summed E-state index contributed by atoms with van der Waals surface area (Å²) in [6, 6.07) is 6.03. The summed E-state index contributed by atoms with van der Waals surface area (Å²) in [6.45, 7) is 8.95. The van der Waals surface area contributed by atoms with Crippen LogP contribution in [0.4, 0.5) is 5.69 Å². The minimum Gasteiger partial charge on any atom is -0.356 e. The van der Waals surface area contributed by atoms with E-state index in [-0.39, 0.29) is 18.2 Å². The van der Waals surface area contributed by atoms with Gasteiger partial charge in [0.25, 0.3) is 0 Å². The molecular formula is C18H28N2O2. The maximum atomic E-state index is 12.1. The van der Waals surface area contributed by atoms with Gasteiger partial charge in [0, 0.05) is 12.2 Å². The van der Waals surface area contributed by atoms with Crippen molar-refractivity contribution in [1.29, 1.82) is 0 Å². The SMILES string of the molecule is CCc1cccc(CC)c1NC(=O)CC(=O)NCCC(C)C. The Labute approximate surface area is 133 Å². The number of anilines is 1. The van der Waals surface area contributed by atoms with Crippen molar-refractivity contribution in [1.82, 2.24) is 5.32 Å². The number of carbonyl (C=O) groups is 2. The highest BCUT2D eigenvalue weighted by Crippen LogP contribution is 2.22. The van der Waals surface area contributed by atoms with E-state index in [1.807, 2.05) is 18.2 Å². The first-order valence-electron chi connectivity index (χ1n) is 8.15. The molecule has 0 bridgehead atoms. The van der Waals surface area contributed by atoms with Crippen LogP contribution in [0.25, 0.3) is 0 Å². The summed E-state index contributed by atoms with van der Waals surface area (Å²) in [7, 11) is 0. The van der Waals surface area contributed by atoms with Gasteiger partial charge in [0.1, 0.15) is 6.42 Å². The molecule has 0 saturated heterocycles. The fraction of sp³-hybridized carbons (Fsp3) is 0.556. The van der Waals surface area contributed by atoms with Gasteiger partial charge < -0.3 is 10.6 Å². The van der Waals surface area contributed by atoms with Gasteiger partial charge in [-0.2, -0.15) is 0 Å². The highest BCUT2D eigenvalue weighted by molar-refractivity contribution is 6.04. The Hall–Kier alpha value is -1.84. The van der Waals surface area contributed by atoms with Crippen molar-refractivity contribution >= 4 is 17.5 Å². The van der Waals surface area contributed by atoms with Crippen LogP contribution in [0.2, 0.25) is 0 Å². The van der Waals surface area contributed by atoms with Crippen LogP contribution in [0.5, 0.6) is 0 Å². The van der Waals surface area contributed by atoms with Crippen molar-refractivity contribution in [3.05, 3.63) is 29.3 Å². The van der Waals surface area contributed by atoms with Crippen molar-refractivity contribution in [3.63, 3.8) is 0 Å². The number of rotatable bonds is 8. The molecule has 0 unspecified atom stereocenters. The number of amides is 2. The zero-order valence-electron chi connectivity index (χ0n) is 14.2. The van der Waals surface area contributed by atoms with E-state index in [2.05, 4.69) is 38.3 Å². The topological polar surface area (TPSA) is 58.2 Å². The number of hydrogen-bond acceptors (Lipinski definition) is 2. The smallest absolute Gasteiger partial charge is 0.233 e. The van der Waals surface area contributed by atoms with E-state index in [0.29, 0.717) is 12.5 Å². The van der Waals surface area contributed by atoms with Crippen LogP contribution in [0, 0.1) is 5.92 Å². The highest BCUT2D eigenvalue weighted by atomic mass is 16.2. The van der Waals surface area contributed by atoms with Crippen LogP contribution >= 0.6 is 0 Å². The van der Waals surface area contributed by atoms with Crippen LogP contribution in [0.3, 0.4) is 0 Å². The van der Waals surface area contributed by atoms with Crippen molar-refractivity contribution in [2.45, 2.75) is 53.4 Å². The zero-order chi connectivity index (χ0) is 16.5. The van der Waals surface area contributed by atoms with Gasteiger partial charge >= 0.3 is 0 Å². The lowest BCUT2D eigenvalue weighted by molar-refractivity contribution is -0.126. The van der Waals surface area contributed by atoms with Crippen LogP contribution in [0.1, 0.15) is 51.7 Å². The molecule has 0 atom stereocenters. The summed E-state index contributed by atoms with van der Waals surface area (Å²) in [4.78, 5) is 23.8. The maximum Gasteiger partial charge on any atom is 0.233 e. The summed E-state index contributed by atoms with van der Waals surface area (Å²) in [5, 5.41) is 5.70. The van der Waals surface area contributed by atoms with Crippen molar-refractivity contribution in [2.24, 2.45) is 5.92 Å². The lowest BCUT2D eigenvalue weighted by Crippen LogP contribution is -2.29. The molecule has 4 heteroatoms. The number of benzene rings is 1. The fourth-order valence-corrected chi connectivity index (χ4v) is 2.30. The molecule has 0 aliphatic rings.